The Labute approximate surface area is 90.3 Å². The van der Waals surface area contributed by atoms with Crippen molar-refractivity contribution < 1.29 is 10.0 Å². The Hall–Kier alpha value is -1.26. The van der Waals surface area contributed by atoms with Crippen LogP contribution >= 0.6 is 0 Å². The quantitative estimate of drug-likeness (QED) is 0.556. The first-order chi connectivity index (χ1) is 7.22. The van der Waals surface area contributed by atoms with Crippen LogP contribution in [0.15, 0.2) is 5.16 Å². The van der Waals surface area contributed by atoms with E-state index in [0.717, 1.165) is 18.8 Å². The van der Waals surface area contributed by atoms with Gasteiger partial charge in [-0.1, -0.05) is 5.16 Å². The van der Waals surface area contributed by atoms with Gasteiger partial charge in [0, 0.05) is 39.0 Å². The van der Waals surface area contributed by atoms with Crippen LogP contribution in [0.3, 0.4) is 0 Å². The molecule has 0 radical (unpaired) electrons. The molecule has 5 nitrogen and oxygen atoms in total. The summed E-state index contributed by atoms with van der Waals surface area (Å²) >= 11 is 0. The molecule has 86 valence electrons. The highest BCUT2D eigenvalue weighted by Crippen LogP contribution is 2.09. The van der Waals surface area contributed by atoms with E-state index in [9.17, 15) is 4.79 Å². The number of likely N-dealkylation sites (tertiary alicyclic amines) is 1. The van der Waals surface area contributed by atoms with Gasteiger partial charge in [0.2, 0.25) is 0 Å². The molecule has 1 saturated heterocycles. The average molecular weight is 213 g/mol. The van der Waals surface area contributed by atoms with Gasteiger partial charge in [0.15, 0.2) is 0 Å². The summed E-state index contributed by atoms with van der Waals surface area (Å²) in [7, 11) is 0. The molecule has 0 aromatic rings. The fraction of sp³-hybridized carbons (Fsp3) is 0.800. The van der Waals surface area contributed by atoms with Crippen molar-refractivity contribution in [3.8, 4) is 0 Å². The van der Waals surface area contributed by atoms with Gasteiger partial charge in [-0.25, -0.2) is 4.79 Å². The smallest absolute Gasteiger partial charge is 0.320 e. The fourth-order valence-corrected chi connectivity index (χ4v) is 1.75. The second-order valence-corrected chi connectivity index (χ2v) is 3.61. The lowest BCUT2D eigenvalue weighted by Gasteiger charge is -2.32. The molecule has 15 heavy (non-hydrogen) atoms. The van der Waals surface area contributed by atoms with Crippen molar-refractivity contribution in [3.63, 3.8) is 0 Å². The third-order valence-corrected chi connectivity index (χ3v) is 2.79. The molecule has 2 amide bonds. The average Bonchev–Trinajstić information content (AvgIpc) is 2.30. The molecule has 1 aliphatic heterocycles. The maximum Gasteiger partial charge on any atom is 0.320 e. The summed E-state index contributed by atoms with van der Waals surface area (Å²) in [5.74, 6) is 0. The Kier molecular flexibility index (Phi) is 4.39. The van der Waals surface area contributed by atoms with Crippen LogP contribution in [0.2, 0.25) is 0 Å². The van der Waals surface area contributed by atoms with Crippen LogP contribution in [0, 0.1) is 0 Å². The molecule has 1 aliphatic rings. The van der Waals surface area contributed by atoms with Gasteiger partial charge in [0.1, 0.15) is 0 Å². The van der Waals surface area contributed by atoms with Gasteiger partial charge in [-0.15, -0.1) is 0 Å². The number of carbonyl (C=O) groups is 1. The molecule has 0 spiro atoms. The highest BCUT2D eigenvalue weighted by Gasteiger charge is 2.22. The standard InChI is InChI=1S/C10H19N3O2/c1-3-12(4-2)10(14)13-7-5-9(11-15)6-8-13/h15H,3-8H2,1-2H3. The van der Waals surface area contributed by atoms with Crippen LogP contribution in [0.25, 0.3) is 0 Å². The van der Waals surface area contributed by atoms with Gasteiger partial charge in [0.05, 0.1) is 5.71 Å². The van der Waals surface area contributed by atoms with Crippen molar-refractivity contribution in [2.24, 2.45) is 5.16 Å². The molecule has 1 fully saturated rings. The summed E-state index contributed by atoms with van der Waals surface area (Å²) in [4.78, 5) is 15.5. The van der Waals surface area contributed by atoms with E-state index in [1.807, 2.05) is 18.7 Å². The van der Waals surface area contributed by atoms with Gasteiger partial charge >= 0.3 is 6.03 Å². The number of rotatable bonds is 2. The molecule has 0 aliphatic carbocycles. The number of urea groups is 1. The number of hydrogen-bond donors (Lipinski definition) is 1. The Morgan fingerprint density at radius 3 is 2.33 bits per heavy atom. The third kappa shape index (κ3) is 2.84. The van der Waals surface area contributed by atoms with Gasteiger partial charge in [-0.05, 0) is 13.8 Å². The van der Waals surface area contributed by atoms with E-state index >= 15 is 0 Å². The lowest BCUT2D eigenvalue weighted by molar-refractivity contribution is 0.156. The van der Waals surface area contributed by atoms with Gasteiger partial charge in [-0.3, -0.25) is 0 Å². The zero-order chi connectivity index (χ0) is 11.3. The molecule has 0 bridgehead atoms. The summed E-state index contributed by atoms with van der Waals surface area (Å²) in [5.41, 5.74) is 0.790. The molecule has 0 saturated carbocycles. The lowest BCUT2D eigenvalue weighted by atomic mass is 10.1. The summed E-state index contributed by atoms with van der Waals surface area (Å²) in [6.45, 7) is 6.76. The summed E-state index contributed by atoms with van der Waals surface area (Å²) in [5, 5.41) is 11.8. The zero-order valence-electron chi connectivity index (χ0n) is 9.44. The minimum absolute atomic E-state index is 0.0944. The zero-order valence-corrected chi connectivity index (χ0v) is 9.44. The van der Waals surface area contributed by atoms with Crippen molar-refractivity contribution in [1.82, 2.24) is 9.80 Å². The maximum atomic E-state index is 11.9. The number of piperidine rings is 1. The second-order valence-electron chi connectivity index (χ2n) is 3.61. The molecule has 1 rings (SSSR count). The molecule has 5 heteroatoms. The third-order valence-electron chi connectivity index (χ3n) is 2.79. The SMILES string of the molecule is CCN(CC)C(=O)N1CCC(=NO)CC1. The van der Waals surface area contributed by atoms with Gasteiger partial charge in [-0.2, -0.15) is 0 Å². The largest absolute Gasteiger partial charge is 0.411 e. The maximum absolute atomic E-state index is 11.9. The molecular formula is C10H19N3O2. The van der Waals surface area contributed by atoms with Crippen LogP contribution in [-0.2, 0) is 0 Å². The van der Waals surface area contributed by atoms with Gasteiger partial charge < -0.3 is 15.0 Å². The Morgan fingerprint density at radius 1 is 1.40 bits per heavy atom. The van der Waals surface area contributed by atoms with Crippen molar-refractivity contribution in [2.75, 3.05) is 26.2 Å². The van der Waals surface area contributed by atoms with Crippen LogP contribution < -0.4 is 0 Å². The van der Waals surface area contributed by atoms with E-state index in [2.05, 4.69) is 5.16 Å². The first-order valence-electron chi connectivity index (χ1n) is 5.46. The normalized spacial score (nSPS) is 16.4. The molecular weight excluding hydrogens is 194 g/mol. The van der Waals surface area contributed by atoms with Crippen LogP contribution in [-0.4, -0.2) is 52.9 Å². The van der Waals surface area contributed by atoms with E-state index in [4.69, 9.17) is 5.21 Å². The lowest BCUT2D eigenvalue weighted by Crippen LogP contribution is -2.46. The Morgan fingerprint density at radius 2 is 1.93 bits per heavy atom. The van der Waals surface area contributed by atoms with Gasteiger partial charge in [0.25, 0.3) is 0 Å². The Bertz CT molecular complexity index is 239. The first kappa shape index (κ1) is 11.8. The molecule has 0 unspecified atom stereocenters. The van der Waals surface area contributed by atoms with Crippen molar-refractivity contribution in [3.05, 3.63) is 0 Å². The minimum atomic E-state index is 0.0944. The van der Waals surface area contributed by atoms with Crippen LogP contribution in [0.4, 0.5) is 4.79 Å². The monoisotopic (exact) mass is 213 g/mol. The molecule has 0 aromatic carbocycles. The number of nitrogens with zero attached hydrogens (tertiary/aromatic N) is 3. The molecule has 1 heterocycles. The van der Waals surface area contributed by atoms with Crippen LogP contribution in [0.5, 0.6) is 0 Å². The molecule has 0 aromatic heterocycles. The van der Waals surface area contributed by atoms with E-state index < -0.39 is 0 Å². The predicted octanol–water partition coefficient (Wildman–Crippen LogP) is 1.37. The van der Waals surface area contributed by atoms with E-state index in [1.54, 1.807) is 4.90 Å². The number of hydrogen-bond acceptors (Lipinski definition) is 3. The highest BCUT2D eigenvalue weighted by molar-refractivity contribution is 5.86. The van der Waals surface area contributed by atoms with Crippen molar-refractivity contribution in [1.29, 1.82) is 0 Å². The Balaban J connectivity index is 2.49. The first-order valence-corrected chi connectivity index (χ1v) is 5.46. The molecule has 0 atom stereocenters. The van der Waals surface area contributed by atoms with E-state index in [-0.39, 0.29) is 6.03 Å². The predicted molar refractivity (Wildman–Crippen MR) is 58.3 cm³/mol. The summed E-state index contributed by atoms with van der Waals surface area (Å²) in [6, 6.07) is 0.0944. The number of amides is 2. The minimum Gasteiger partial charge on any atom is -0.411 e. The van der Waals surface area contributed by atoms with Crippen LogP contribution in [0.1, 0.15) is 26.7 Å². The topological polar surface area (TPSA) is 56.1 Å². The summed E-state index contributed by atoms with van der Waals surface area (Å²) in [6.07, 6.45) is 1.37. The number of oxime groups is 1. The summed E-state index contributed by atoms with van der Waals surface area (Å²) < 4.78 is 0. The molecule has 1 N–H and O–H groups in total. The van der Waals surface area contributed by atoms with Crippen molar-refractivity contribution in [2.45, 2.75) is 26.7 Å². The van der Waals surface area contributed by atoms with E-state index in [0.29, 0.717) is 25.9 Å². The van der Waals surface area contributed by atoms with E-state index in [1.165, 1.54) is 0 Å². The second kappa shape index (κ2) is 5.58. The fourth-order valence-electron chi connectivity index (χ4n) is 1.75. The highest BCUT2D eigenvalue weighted by atomic mass is 16.4. The van der Waals surface area contributed by atoms with Crippen molar-refractivity contribution >= 4 is 11.7 Å². The number of carbonyl (C=O) groups excluding carboxylic acids is 1.